The number of rotatable bonds is 4. The van der Waals surface area contributed by atoms with E-state index >= 15 is 0 Å². The molecule has 0 saturated heterocycles. The first-order valence-corrected chi connectivity index (χ1v) is 6.55. The zero-order chi connectivity index (χ0) is 13.9. The lowest BCUT2D eigenvalue weighted by Crippen LogP contribution is -2.01. The molecule has 4 nitrogen and oxygen atoms in total. The van der Waals surface area contributed by atoms with E-state index in [0.29, 0.717) is 18.0 Å². The number of anilines is 1. The van der Waals surface area contributed by atoms with Gasteiger partial charge in [-0.15, -0.1) is 0 Å². The topological polar surface area (TPSA) is 61.3 Å². The minimum Gasteiger partial charge on any atom is -0.493 e. The number of ether oxygens (including phenoxy) is 1. The molecule has 2 aromatic carbocycles. The molecule has 0 amide bonds. The van der Waals surface area contributed by atoms with Crippen molar-refractivity contribution in [3.8, 4) is 5.75 Å². The van der Waals surface area contributed by atoms with Crippen molar-refractivity contribution in [2.75, 3.05) is 12.3 Å². The summed E-state index contributed by atoms with van der Waals surface area (Å²) < 4.78 is 10.8. The van der Waals surface area contributed by atoms with Crippen LogP contribution in [0.25, 0.3) is 11.0 Å². The van der Waals surface area contributed by atoms with Crippen LogP contribution < -0.4 is 10.5 Å². The lowest BCUT2D eigenvalue weighted by molar-refractivity contribution is 0.321. The number of hydrogen-bond acceptors (Lipinski definition) is 4. The number of nitrogens with two attached hydrogens (primary N) is 1. The number of nitrogen functional groups attached to an aromatic ring is 1. The van der Waals surface area contributed by atoms with Crippen molar-refractivity contribution in [3.63, 3.8) is 0 Å². The molecule has 3 rings (SSSR count). The quantitative estimate of drug-likeness (QED) is 0.788. The normalized spacial score (nSPS) is 10.8. The molecule has 1 heterocycles. The summed E-state index contributed by atoms with van der Waals surface area (Å²) in [7, 11) is 0. The number of nitrogens with zero attached hydrogens (tertiary/aromatic N) is 1. The first-order chi connectivity index (χ1) is 9.72. The molecular weight excluding hydrogens is 252 g/mol. The van der Waals surface area contributed by atoms with E-state index in [-0.39, 0.29) is 0 Å². The highest BCUT2D eigenvalue weighted by molar-refractivity contribution is 5.87. The highest BCUT2D eigenvalue weighted by Gasteiger charge is 2.06. The average Bonchev–Trinajstić information content (AvgIpc) is 2.82. The fraction of sp³-hybridized carbons (Fsp3) is 0.188. The molecule has 0 spiro atoms. The third kappa shape index (κ3) is 2.59. The SMILES string of the molecule is Cc1ccc(CCOc2ccc3c(N)noc3c2)cc1. The third-order valence-electron chi connectivity index (χ3n) is 3.25. The molecule has 0 aliphatic carbocycles. The van der Waals surface area contributed by atoms with Gasteiger partial charge in [0.05, 0.1) is 12.0 Å². The molecule has 0 fully saturated rings. The van der Waals surface area contributed by atoms with Gasteiger partial charge in [-0.3, -0.25) is 0 Å². The van der Waals surface area contributed by atoms with Crippen molar-refractivity contribution in [2.24, 2.45) is 0 Å². The average molecular weight is 268 g/mol. The van der Waals surface area contributed by atoms with Crippen LogP contribution in [0.4, 0.5) is 5.82 Å². The van der Waals surface area contributed by atoms with E-state index in [1.807, 2.05) is 18.2 Å². The maximum Gasteiger partial charge on any atom is 0.174 e. The van der Waals surface area contributed by atoms with Gasteiger partial charge in [0.15, 0.2) is 11.4 Å². The van der Waals surface area contributed by atoms with Crippen LogP contribution in [0.5, 0.6) is 5.75 Å². The Morgan fingerprint density at radius 3 is 2.75 bits per heavy atom. The van der Waals surface area contributed by atoms with Crippen molar-refractivity contribution in [3.05, 3.63) is 53.6 Å². The van der Waals surface area contributed by atoms with Gasteiger partial charge >= 0.3 is 0 Å². The van der Waals surface area contributed by atoms with Crippen LogP contribution in [0.1, 0.15) is 11.1 Å². The zero-order valence-corrected chi connectivity index (χ0v) is 11.3. The van der Waals surface area contributed by atoms with Gasteiger partial charge in [-0.25, -0.2) is 0 Å². The third-order valence-corrected chi connectivity index (χ3v) is 3.25. The minimum atomic E-state index is 0.409. The van der Waals surface area contributed by atoms with Crippen molar-refractivity contribution in [1.29, 1.82) is 0 Å². The van der Waals surface area contributed by atoms with Crippen LogP contribution in [0.3, 0.4) is 0 Å². The Labute approximate surface area is 117 Å². The molecular formula is C16H16N2O2. The first-order valence-electron chi connectivity index (χ1n) is 6.55. The molecule has 102 valence electrons. The Balaban J connectivity index is 1.63. The Hall–Kier alpha value is -2.49. The van der Waals surface area contributed by atoms with Gasteiger partial charge in [-0.1, -0.05) is 35.0 Å². The van der Waals surface area contributed by atoms with Gasteiger partial charge in [0.1, 0.15) is 5.75 Å². The lowest BCUT2D eigenvalue weighted by Gasteiger charge is -2.06. The summed E-state index contributed by atoms with van der Waals surface area (Å²) in [4.78, 5) is 0. The Bertz CT molecular complexity index is 717. The van der Waals surface area contributed by atoms with Crippen LogP contribution in [0, 0.1) is 6.92 Å². The number of benzene rings is 2. The molecule has 0 aliphatic heterocycles. The van der Waals surface area contributed by atoms with E-state index in [0.717, 1.165) is 17.6 Å². The van der Waals surface area contributed by atoms with E-state index in [1.54, 1.807) is 0 Å². The molecule has 0 atom stereocenters. The Kier molecular flexibility index (Phi) is 3.29. The molecule has 1 aromatic heterocycles. The Morgan fingerprint density at radius 2 is 1.95 bits per heavy atom. The highest BCUT2D eigenvalue weighted by Crippen LogP contribution is 2.24. The van der Waals surface area contributed by atoms with E-state index in [1.165, 1.54) is 11.1 Å². The summed E-state index contributed by atoms with van der Waals surface area (Å²) in [5.41, 5.74) is 8.85. The molecule has 20 heavy (non-hydrogen) atoms. The van der Waals surface area contributed by atoms with E-state index in [9.17, 15) is 0 Å². The minimum absolute atomic E-state index is 0.409. The molecule has 0 unspecified atom stereocenters. The molecule has 3 aromatic rings. The number of hydrogen-bond donors (Lipinski definition) is 1. The van der Waals surface area contributed by atoms with Gasteiger partial charge in [-0.2, -0.15) is 0 Å². The van der Waals surface area contributed by atoms with Crippen LogP contribution >= 0.6 is 0 Å². The smallest absolute Gasteiger partial charge is 0.174 e. The van der Waals surface area contributed by atoms with Gasteiger partial charge in [0.2, 0.25) is 0 Å². The summed E-state index contributed by atoms with van der Waals surface area (Å²) in [5, 5.41) is 4.54. The summed E-state index contributed by atoms with van der Waals surface area (Å²) in [6.45, 7) is 2.71. The second-order valence-electron chi connectivity index (χ2n) is 4.81. The number of fused-ring (bicyclic) bond motifs is 1. The van der Waals surface area contributed by atoms with Crippen molar-refractivity contribution < 1.29 is 9.26 Å². The van der Waals surface area contributed by atoms with Gasteiger partial charge < -0.3 is 15.0 Å². The van der Waals surface area contributed by atoms with Gasteiger partial charge in [0, 0.05) is 12.5 Å². The fourth-order valence-electron chi connectivity index (χ4n) is 2.07. The van der Waals surface area contributed by atoms with Crippen LogP contribution in [-0.4, -0.2) is 11.8 Å². The van der Waals surface area contributed by atoms with Gasteiger partial charge in [-0.05, 0) is 24.6 Å². The molecule has 0 radical (unpaired) electrons. The molecule has 0 saturated carbocycles. The van der Waals surface area contributed by atoms with Crippen LogP contribution in [0.2, 0.25) is 0 Å². The summed E-state index contributed by atoms with van der Waals surface area (Å²) >= 11 is 0. The van der Waals surface area contributed by atoms with Crippen LogP contribution in [0.15, 0.2) is 47.0 Å². The van der Waals surface area contributed by atoms with Crippen LogP contribution in [-0.2, 0) is 6.42 Å². The summed E-state index contributed by atoms with van der Waals surface area (Å²) in [5.74, 6) is 1.17. The zero-order valence-electron chi connectivity index (χ0n) is 11.3. The monoisotopic (exact) mass is 268 g/mol. The number of aromatic nitrogens is 1. The van der Waals surface area contributed by atoms with Crippen molar-refractivity contribution in [1.82, 2.24) is 5.16 Å². The standard InChI is InChI=1S/C16H16N2O2/c1-11-2-4-12(5-3-11)8-9-19-13-6-7-14-15(10-13)20-18-16(14)17/h2-7,10H,8-9H2,1H3,(H2,17,18). The predicted molar refractivity (Wildman–Crippen MR) is 78.8 cm³/mol. The summed E-state index contributed by atoms with van der Waals surface area (Å²) in [6.07, 6.45) is 0.872. The van der Waals surface area contributed by atoms with E-state index < -0.39 is 0 Å². The van der Waals surface area contributed by atoms with E-state index in [4.69, 9.17) is 15.0 Å². The maximum atomic E-state index is 5.73. The van der Waals surface area contributed by atoms with Gasteiger partial charge in [0.25, 0.3) is 0 Å². The second kappa shape index (κ2) is 5.25. The number of aryl methyl sites for hydroxylation is 1. The summed E-state index contributed by atoms with van der Waals surface area (Å²) in [6, 6.07) is 14.0. The van der Waals surface area contributed by atoms with Crippen molar-refractivity contribution in [2.45, 2.75) is 13.3 Å². The molecule has 0 aliphatic rings. The molecule has 0 bridgehead atoms. The fourth-order valence-corrected chi connectivity index (χ4v) is 2.07. The second-order valence-corrected chi connectivity index (χ2v) is 4.81. The van der Waals surface area contributed by atoms with E-state index in [2.05, 4.69) is 36.3 Å². The predicted octanol–water partition coefficient (Wildman–Crippen LogP) is 3.34. The van der Waals surface area contributed by atoms with Crippen molar-refractivity contribution >= 4 is 16.8 Å². The maximum absolute atomic E-state index is 5.73. The highest BCUT2D eigenvalue weighted by atomic mass is 16.5. The Morgan fingerprint density at radius 1 is 1.15 bits per heavy atom. The largest absolute Gasteiger partial charge is 0.493 e. The molecule has 2 N–H and O–H groups in total. The first kappa shape index (κ1) is 12.5. The molecule has 4 heteroatoms. The lowest BCUT2D eigenvalue weighted by atomic mass is 10.1.